The number of amides is 1. The molecule has 3 N–H and O–H groups in total. The van der Waals surface area contributed by atoms with Crippen LogP contribution in [0.4, 0.5) is 5.82 Å². The van der Waals surface area contributed by atoms with Crippen molar-refractivity contribution in [3.63, 3.8) is 0 Å². The number of nitrogens with one attached hydrogen (secondary N) is 1. The van der Waals surface area contributed by atoms with Gasteiger partial charge in [-0.15, -0.1) is 0 Å². The minimum atomic E-state index is -0.430. The predicted octanol–water partition coefficient (Wildman–Crippen LogP) is 1.71. The molecule has 1 amide bonds. The van der Waals surface area contributed by atoms with E-state index >= 15 is 0 Å². The molecule has 1 unspecified atom stereocenters. The van der Waals surface area contributed by atoms with E-state index in [-0.39, 0.29) is 16.9 Å². The Labute approximate surface area is 106 Å². The largest absolute Gasteiger partial charge is 0.393 e. The molecule has 17 heavy (non-hydrogen) atoms. The Morgan fingerprint density at radius 1 is 1.65 bits per heavy atom. The number of rotatable bonds is 5. The summed E-state index contributed by atoms with van der Waals surface area (Å²) < 4.78 is 1.74. The third kappa shape index (κ3) is 3.26. The average Bonchev–Trinajstić information content (AvgIpc) is 2.66. The van der Waals surface area contributed by atoms with Crippen LogP contribution in [0.3, 0.4) is 0 Å². The lowest BCUT2D eigenvalue weighted by molar-refractivity contribution is -0.118. The molecular weight excluding hydrogens is 236 g/mol. The fourth-order valence-corrected chi connectivity index (χ4v) is 1.83. The first-order valence-corrected chi connectivity index (χ1v) is 6.01. The number of anilines is 1. The van der Waals surface area contributed by atoms with Gasteiger partial charge in [0.15, 0.2) is 0 Å². The smallest absolute Gasteiger partial charge is 0.235 e. The fraction of sp³-hybridized carbons (Fsp3) is 0.545. The molecule has 0 bridgehead atoms. The third-order valence-electron chi connectivity index (χ3n) is 2.48. The second-order valence-corrected chi connectivity index (χ2v) is 4.58. The van der Waals surface area contributed by atoms with Crippen LogP contribution in [0.15, 0.2) is 12.3 Å². The van der Waals surface area contributed by atoms with Gasteiger partial charge in [-0.3, -0.25) is 4.79 Å². The molecule has 0 aliphatic carbocycles. The molecule has 0 aromatic carbocycles. The summed E-state index contributed by atoms with van der Waals surface area (Å²) in [6.45, 7) is 5.87. The zero-order valence-corrected chi connectivity index (χ0v) is 11.1. The highest BCUT2D eigenvalue weighted by Crippen LogP contribution is 2.15. The van der Waals surface area contributed by atoms with Gasteiger partial charge in [-0.2, -0.15) is 5.10 Å². The fourth-order valence-electron chi connectivity index (χ4n) is 1.55. The standard InChI is InChI=1S/C11H18N4OS/c1-4-8(10(12)17)11(16)14-9-5-6-13-15(9)7(2)3/h5-8H,4H2,1-3H3,(H2,12,17)(H,14,16). The van der Waals surface area contributed by atoms with Gasteiger partial charge < -0.3 is 11.1 Å². The van der Waals surface area contributed by atoms with Gasteiger partial charge in [0.05, 0.1) is 17.1 Å². The van der Waals surface area contributed by atoms with Crippen molar-refractivity contribution in [3.05, 3.63) is 12.3 Å². The van der Waals surface area contributed by atoms with Gasteiger partial charge in [-0.05, 0) is 20.3 Å². The quantitative estimate of drug-likeness (QED) is 0.785. The number of carbonyl (C=O) groups excluding carboxylic acids is 1. The first-order valence-electron chi connectivity index (χ1n) is 5.61. The van der Waals surface area contributed by atoms with Crippen molar-refractivity contribution in [2.75, 3.05) is 5.32 Å². The summed E-state index contributed by atoms with van der Waals surface area (Å²) in [5, 5.41) is 6.93. The number of nitrogens with two attached hydrogens (primary N) is 1. The molecule has 94 valence electrons. The third-order valence-corrected chi connectivity index (χ3v) is 2.76. The lowest BCUT2D eigenvalue weighted by Crippen LogP contribution is -2.33. The molecule has 1 atom stereocenters. The molecule has 1 rings (SSSR count). The molecule has 0 saturated heterocycles. The molecule has 0 spiro atoms. The maximum atomic E-state index is 11.9. The maximum Gasteiger partial charge on any atom is 0.235 e. The van der Waals surface area contributed by atoms with Crippen LogP contribution < -0.4 is 11.1 Å². The molecule has 1 aromatic heterocycles. The number of hydrogen-bond acceptors (Lipinski definition) is 3. The second kappa shape index (κ2) is 5.77. The monoisotopic (exact) mass is 254 g/mol. The first kappa shape index (κ1) is 13.6. The van der Waals surface area contributed by atoms with Gasteiger partial charge in [0.2, 0.25) is 5.91 Å². The summed E-state index contributed by atoms with van der Waals surface area (Å²) in [5.74, 6) is 0.0580. The van der Waals surface area contributed by atoms with Gasteiger partial charge in [0, 0.05) is 12.1 Å². The number of carbonyl (C=O) groups is 1. The maximum absolute atomic E-state index is 11.9. The lowest BCUT2D eigenvalue weighted by Gasteiger charge is -2.15. The molecule has 1 heterocycles. The Hall–Kier alpha value is -1.43. The van der Waals surface area contributed by atoms with Gasteiger partial charge >= 0.3 is 0 Å². The van der Waals surface area contributed by atoms with E-state index in [0.717, 1.165) is 0 Å². The normalized spacial score (nSPS) is 12.5. The van der Waals surface area contributed by atoms with Crippen molar-refractivity contribution in [2.24, 2.45) is 11.7 Å². The molecule has 0 saturated carbocycles. The highest BCUT2D eigenvalue weighted by Gasteiger charge is 2.20. The van der Waals surface area contributed by atoms with Gasteiger partial charge in [-0.25, -0.2) is 4.68 Å². The Kier molecular flexibility index (Phi) is 4.62. The number of hydrogen-bond donors (Lipinski definition) is 2. The summed E-state index contributed by atoms with van der Waals surface area (Å²) in [7, 11) is 0. The van der Waals surface area contributed by atoms with Crippen LogP contribution in [-0.4, -0.2) is 20.7 Å². The van der Waals surface area contributed by atoms with Crippen molar-refractivity contribution in [3.8, 4) is 0 Å². The number of nitrogens with zero attached hydrogens (tertiary/aromatic N) is 2. The molecule has 0 aliphatic rings. The van der Waals surface area contributed by atoms with Gasteiger partial charge in [-0.1, -0.05) is 19.1 Å². The Morgan fingerprint density at radius 3 is 2.76 bits per heavy atom. The minimum Gasteiger partial charge on any atom is -0.393 e. The summed E-state index contributed by atoms with van der Waals surface area (Å²) in [6.07, 6.45) is 2.24. The van der Waals surface area contributed by atoms with E-state index < -0.39 is 5.92 Å². The molecule has 0 radical (unpaired) electrons. The van der Waals surface area contributed by atoms with Crippen LogP contribution in [0.25, 0.3) is 0 Å². The molecule has 0 aliphatic heterocycles. The van der Waals surface area contributed by atoms with Crippen LogP contribution in [0, 0.1) is 5.92 Å². The second-order valence-electron chi connectivity index (χ2n) is 4.11. The van der Waals surface area contributed by atoms with E-state index in [1.54, 1.807) is 16.9 Å². The number of aromatic nitrogens is 2. The summed E-state index contributed by atoms with van der Waals surface area (Å²) >= 11 is 4.87. The van der Waals surface area contributed by atoms with Crippen molar-refractivity contribution in [1.82, 2.24) is 9.78 Å². The van der Waals surface area contributed by atoms with E-state index in [1.165, 1.54) is 0 Å². The van der Waals surface area contributed by atoms with Crippen LogP contribution >= 0.6 is 12.2 Å². The van der Waals surface area contributed by atoms with Crippen molar-refractivity contribution in [1.29, 1.82) is 0 Å². The summed E-state index contributed by atoms with van der Waals surface area (Å²) in [6, 6.07) is 1.94. The first-order chi connectivity index (χ1) is 7.97. The minimum absolute atomic E-state index is 0.178. The van der Waals surface area contributed by atoms with Crippen LogP contribution in [0.2, 0.25) is 0 Å². The average molecular weight is 254 g/mol. The van der Waals surface area contributed by atoms with E-state index in [4.69, 9.17) is 18.0 Å². The molecule has 0 fully saturated rings. The van der Waals surface area contributed by atoms with E-state index in [1.807, 2.05) is 20.8 Å². The number of thiocarbonyl (C=S) groups is 1. The zero-order valence-electron chi connectivity index (χ0n) is 10.3. The zero-order chi connectivity index (χ0) is 13.0. The van der Waals surface area contributed by atoms with Crippen LogP contribution in [0.1, 0.15) is 33.2 Å². The SMILES string of the molecule is CCC(C(=O)Nc1ccnn1C(C)C)C(N)=S. The lowest BCUT2D eigenvalue weighted by atomic mass is 10.1. The predicted molar refractivity (Wildman–Crippen MR) is 71.8 cm³/mol. The molecular formula is C11H18N4OS. The van der Waals surface area contributed by atoms with E-state index in [2.05, 4.69) is 10.4 Å². The Morgan fingerprint density at radius 2 is 2.29 bits per heavy atom. The molecule has 1 aromatic rings. The van der Waals surface area contributed by atoms with Gasteiger partial charge in [0.25, 0.3) is 0 Å². The Balaban J connectivity index is 2.80. The van der Waals surface area contributed by atoms with Crippen LogP contribution in [-0.2, 0) is 4.79 Å². The van der Waals surface area contributed by atoms with Crippen molar-refractivity contribution < 1.29 is 4.79 Å². The highest BCUT2D eigenvalue weighted by molar-refractivity contribution is 7.80. The molecule has 5 nitrogen and oxygen atoms in total. The van der Waals surface area contributed by atoms with Crippen molar-refractivity contribution >= 4 is 28.9 Å². The van der Waals surface area contributed by atoms with Crippen molar-refractivity contribution in [2.45, 2.75) is 33.2 Å². The van der Waals surface area contributed by atoms with Crippen LogP contribution in [0.5, 0.6) is 0 Å². The van der Waals surface area contributed by atoms with E-state index in [0.29, 0.717) is 12.2 Å². The van der Waals surface area contributed by atoms with Gasteiger partial charge in [0.1, 0.15) is 5.82 Å². The summed E-state index contributed by atoms with van der Waals surface area (Å²) in [5.41, 5.74) is 5.52. The summed E-state index contributed by atoms with van der Waals surface area (Å²) in [4.78, 5) is 12.2. The Bertz CT molecular complexity index is 413. The topological polar surface area (TPSA) is 72.9 Å². The van der Waals surface area contributed by atoms with E-state index in [9.17, 15) is 4.79 Å². The highest BCUT2D eigenvalue weighted by atomic mass is 32.1. The molecule has 6 heteroatoms.